The molecule has 0 bridgehead atoms. The number of carbonyl (C=O) groups excluding carboxylic acids is 1. The third kappa shape index (κ3) is 3.00. The summed E-state index contributed by atoms with van der Waals surface area (Å²) in [6.07, 6.45) is 3.68. The third-order valence-electron chi connectivity index (χ3n) is 4.47. The number of carbonyl (C=O) groups is 2. The lowest BCUT2D eigenvalue weighted by Crippen LogP contribution is -2.34. The lowest BCUT2D eigenvalue weighted by atomic mass is 10.0. The number of aromatic carboxylic acids is 1. The second-order valence-corrected chi connectivity index (χ2v) is 7.03. The molecule has 2 fully saturated rings. The number of amides is 2. The van der Waals surface area contributed by atoms with Crippen molar-refractivity contribution in [3.63, 3.8) is 0 Å². The summed E-state index contributed by atoms with van der Waals surface area (Å²) in [7, 11) is 0. The minimum atomic E-state index is -1.03. The number of halogens is 1. The smallest absolute Gasteiger partial charge is 0.337 e. The normalized spacial score (nSPS) is 24.0. The van der Waals surface area contributed by atoms with Crippen molar-refractivity contribution < 1.29 is 14.7 Å². The number of anilines is 1. The van der Waals surface area contributed by atoms with Crippen LogP contribution in [-0.2, 0) is 0 Å². The standard InChI is InChI=1S/C15H17IN2O3/c16-11-4-5-13(12(6-11)14(19)20)17-15(21)18-7-9-2-1-3-10(9)8-18/h4-6,9-10H,1-3,7-8H2,(H,17,21)(H,19,20). The van der Waals surface area contributed by atoms with Gasteiger partial charge in [-0.2, -0.15) is 0 Å². The maximum Gasteiger partial charge on any atom is 0.337 e. The molecular formula is C15H17IN2O3. The number of carboxylic acids is 1. The predicted octanol–water partition coefficient (Wildman–Crippen LogP) is 3.25. The Labute approximate surface area is 136 Å². The Bertz CT molecular complexity index is 578. The molecule has 2 aliphatic rings. The molecule has 0 aromatic heterocycles. The molecule has 5 nitrogen and oxygen atoms in total. The van der Waals surface area contributed by atoms with Gasteiger partial charge >= 0.3 is 12.0 Å². The fourth-order valence-corrected chi connectivity index (χ4v) is 3.89. The summed E-state index contributed by atoms with van der Waals surface area (Å²) >= 11 is 2.06. The van der Waals surface area contributed by atoms with Gasteiger partial charge in [-0.25, -0.2) is 9.59 Å². The zero-order valence-corrected chi connectivity index (χ0v) is 13.7. The number of likely N-dealkylation sites (tertiary alicyclic amines) is 1. The van der Waals surface area contributed by atoms with Crippen molar-refractivity contribution in [2.24, 2.45) is 11.8 Å². The first-order chi connectivity index (χ1) is 10.0. The van der Waals surface area contributed by atoms with Gasteiger partial charge < -0.3 is 15.3 Å². The number of nitrogens with zero attached hydrogens (tertiary/aromatic N) is 1. The van der Waals surface area contributed by atoms with Gasteiger partial charge in [-0.15, -0.1) is 0 Å². The molecule has 1 aromatic carbocycles. The van der Waals surface area contributed by atoms with Crippen molar-refractivity contribution in [3.05, 3.63) is 27.3 Å². The van der Waals surface area contributed by atoms with Crippen LogP contribution >= 0.6 is 22.6 Å². The number of fused-ring (bicyclic) bond motifs is 1. The number of hydrogen-bond acceptors (Lipinski definition) is 2. The average Bonchev–Trinajstić information content (AvgIpc) is 3.01. The summed E-state index contributed by atoms with van der Waals surface area (Å²) in [5, 5.41) is 12.0. The number of nitrogens with one attached hydrogen (secondary N) is 1. The zero-order chi connectivity index (χ0) is 15.0. The van der Waals surface area contributed by atoms with Crippen LogP contribution in [0.1, 0.15) is 29.6 Å². The van der Waals surface area contributed by atoms with Crippen LogP contribution in [-0.4, -0.2) is 35.1 Å². The van der Waals surface area contributed by atoms with E-state index in [2.05, 4.69) is 27.9 Å². The molecule has 1 saturated heterocycles. The van der Waals surface area contributed by atoms with Crippen molar-refractivity contribution in [2.75, 3.05) is 18.4 Å². The maximum atomic E-state index is 12.3. The van der Waals surface area contributed by atoms with Gasteiger partial charge in [0, 0.05) is 16.7 Å². The van der Waals surface area contributed by atoms with Crippen LogP contribution in [0.25, 0.3) is 0 Å². The van der Waals surface area contributed by atoms with E-state index in [0.717, 1.165) is 16.7 Å². The predicted molar refractivity (Wildman–Crippen MR) is 87.5 cm³/mol. The first kappa shape index (κ1) is 14.6. The average molecular weight is 400 g/mol. The summed E-state index contributed by atoms with van der Waals surface area (Å²) in [5.41, 5.74) is 0.500. The fourth-order valence-electron chi connectivity index (χ4n) is 3.40. The first-order valence-corrected chi connectivity index (χ1v) is 8.21. The summed E-state index contributed by atoms with van der Waals surface area (Å²) in [6, 6.07) is 4.83. The summed E-state index contributed by atoms with van der Waals surface area (Å²) in [4.78, 5) is 25.4. The fraction of sp³-hybridized carbons (Fsp3) is 0.467. The molecule has 2 atom stereocenters. The summed E-state index contributed by atoms with van der Waals surface area (Å²) in [5.74, 6) is 0.236. The molecule has 112 valence electrons. The zero-order valence-electron chi connectivity index (χ0n) is 11.5. The Morgan fingerprint density at radius 2 is 1.90 bits per heavy atom. The highest BCUT2D eigenvalue weighted by atomic mass is 127. The van der Waals surface area contributed by atoms with E-state index in [-0.39, 0.29) is 11.6 Å². The molecule has 1 aromatic rings. The largest absolute Gasteiger partial charge is 0.478 e. The van der Waals surface area contributed by atoms with E-state index in [1.807, 2.05) is 4.90 Å². The summed E-state index contributed by atoms with van der Waals surface area (Å²) in [6.45, 7) is 1.59. The van der Waals surface area contributed by atoms with E-state index in [1.165, 1.54) is 19.3 Å². The highest BCUT2D eigenvalue weighted by Gasteiger charge is 2.38. The molecule has 2 N–H and O–H groups in total. The van der Waals surface area contributed by atoms with E-state index in [4.69, 9.17) is 0 Å². The Morgan fingerprint density at radius 1 is 1.24 bits per heavy atom. The quantitative estimate of drug-likeness (QED) is 0.749. The van der Waals surface area contributed by atoms with Crippen molar-refractivity contribution >= 4 is 40.3 Å². The molecule has 2 unspecified atom stereocenters. The van der Waals surface area contributed by atoms with Crippen molar-refractivity contribution in [2.45, 2.75) is 19.3 Å². The minimum absolute atomic E-state index is 0.134. The van der Waals surface area contributed by atoms with E-state index >= 15 is 0 Å². The SMILES string of the molecule is O=C(O)c1cc(I)ccc1NC(=O)N1CC2CCCC2C1. The Morgan fingerprint density at radius 3 is 2.52 bits per heavy atom. The number of urea groups is 1. The highest BCUT2D eigenvalue weighted by molar-refractivity contribution is 14.1. The Kier molecular flexibility index (Phi) is 4.05. The van der Waals surface area contributed by atoms with E-state index in [9.17, 15) is 14.7 Å². The molecule has 6 heteroatoms. The van der Waals surface area contributed by atoms with Crippen LogP contribution in [0.4, 0.5) is 10.5 Å². The molecule has 1 aliphatic carbocycles. The van der Waals surface area contributed by atoms with Crippen molar-refractivity contribution in [3.8, 4) is 0 Å². The number of carboxylic acid groups (broad SMARTS) is 1. The monoisotopic (exact) mass is 400 g/mol. The van der Waals surface area contributed by atoms with Gasteiger partial charge in [0.15, 0.2) is 0 Å². The van der Waals surface area contributed by atoms with E-state index < -0.39 is 5.97 Å². The maximum absolute atomic E-state index is 12.3. The second-order valence-electron chi connectivity index (χ2n) is 5.78. The van der Waals surface area contributed by atoms with Gasteiger partial charge in [0.25, 0.3) is 0 Å². The molecule has 1 aliphatic heterocycles. The Hall–Kier alpha value is -1.31. The van der Waals surface area contributed by atoms with Crippen LogP contribution in [0.2, 0.25) is 0 Å². The molecule has 2 amide bonds. The van der Waals surface area contributed by atoms with Crippen LogP contribution in [0, 0.1) is 15.4 Å². The van der Waals surface area contributed by atoms with E-state index in [1.54, 1.807) is 18.2 Å². The number of hydrogen-bond donors (Lipinski definition) is 2. The second kappa shape index (κ2) is 5.82. The molecule has 0 spiro atoms. The first-order valence-electron chi connectivity index (χ1n) is 7.13. The Balaban J connectivity index is 1.72. The molecule has 1 heterocycles. The molecule has 0 radical (unpaired) electrons. The topological polar surface area (TPSA) is 69.6 Å². The van der Waals surface area contributed by atoms with Gasteiger partial charge in [0.1, 0.15) is 0 Å². The summed E-state index contributed by atoms with van der Waals surface area (Å²) < 4.78 is 0.832. The lowest BCUT2D eigenvalue weighted by molar-refractivity contribution is 0.0698. The molecule has 3 rings (SSSR count). The lowest BCUT2D eigenvalue weighted by Gasteiger charge is -2.19. The van der Waals surface area contributed by atoms with Gasteiger partial charge in [0.05, 0.1) is 11.3 Å². The highest BCUT2D eigenvalue weighted by Crippen LogP contribution is 2.37. The minimum Gasteiger partial charge on any atom is -0.478 e. The van der Waals surface area contributed by atoms with Crippen LogP contribution in [0.15, 0.2) is 18.2 Å². The van der Waals surface area contributed by atoms with Gasteiger partial charge in [-0.1, -0.05) is 6.42 Å². The van der Waals surface area contributed by atoms with Crippen LogP contribution in [0.3, 0.4) is 0 Å². The van der Waals surface area contributed by atoms with Gasteiger partial charge in [-0.3, -0.25) is 0 Å². The van der Waals surface area contributed by atoms with Crippen LogP contribution in [0.5, 0.6) is 0 Å². The number of rotatable bonds is 2. The van der Waals surface area contributed by atoms with Gasteiger partial charge in [-0.05, 0) is 65.5 Å². The molecular weight excluding hydrogens is 383 g/mol. The third-order valence-corrected chi connectivity index (χ3v) is 5.14. The van der Waals surface area contributed by atoms with E-state index in [0.29, 0.717) is 17.5 Å². The van der Waals surface area contributed by atoms with Crippen molar-refractivity contribution in [1.29, 1.82) is 0 Å². The van der Waals surface area contributed by atoms with Crippen LogP contribution < -0.4 is 5.32 Å². The number of benzene rings is 1. The molecule has 1 saturated carbocycles. The van der Waals surface area contributed by atoms with Gasteiger partial charge in [0.2, 0.25) is 0 Å². The molecule has 21 heavy (non-hydrogen) atoms. The van der Waals surface area contributed by atoms with Crippen molar-refractivity contribution in [1.82, 2.24) is 4.90 Å².